The summed E-state index contributed by atoms with van der Waals surface area (Å²) in [5, 5.41) is 6.70. The molecule has 29 heavy (non-hydrogen) atoms. The molecule has 1 N–H and O–H groups in total. The normalized spacial score (nSPS) is 10.8. The van der Waals surface area contributed by atoms with E-state index in [1.54, 1.807) is 17.7 Å². The van der Waals surface area contributed by atoms with Gasteiger partial charge in [0.25, 0.3) is 0 Å². The lowest BCUT2D eigenvalue weighted by Crippen LogP contribution is -1.95. The van der Waals surface area contributed by atoms with E-state index in [0.29, 0.717) is 0 Å². The summed E-state index contributed by atoms with van der Waals surface area (Å²) >= 11 is 1.73. The smallest absolute Gasteiger partial charge is 0.134 e. The number of rotatable bonds is 5. The molecule has 5 aromatic rings. The number of hydrogen-bond acceptors (Lipinski definition) is 5. The minimum atomic E-state index is 0.752. The summed E-state index contributed by atoms with van der Waals surface area (Å²) in [5.74, 6) is 2.36. The fraction of sp³-hybridized carbons (Fsp3) is 0. The molecular weight excluding hydrogens is 378 g/mol. The molecule has 0 saturated heterocycles. The Morgan fingerprint density at radius 3 is 2.38 bits per heavy atom. The van der Waals surface area contributed by atoms with Gasteiger partial charge in [-0.1, -0.05) is 36.4 Å². The van der Waals surface area contributed by atoms with Gasteiger partial charge in [0, 0.05) is 32.8 Å². The van der Waals surface area contributed by atoms with E-state index in [-0.39, 0.29) is 0 Å². The zero-order valence-corrected chi connectivity index (χ0v) is 16.3. The molecule has 0 aliphatic carbocycles. The van der Waals surface area contributed by atoms with Crippen LogP contribution in [0.2, 0.25) is 0 Å². The quantitative estimate of drug-likeness (QED) is 0.352. The summed E-state index contributed by atoms with van der Waals surface area (Å²) in [7, 11) is 0. The van der Waals surface area contributed by atoms with Crippen molar-refractivity contribution in [1.29, 1.82) is 0 Å². The maximum atomic E-state index is 5.84. The first kappa shape index (κ1) is 17.4. The molecule has 0 atom stereocenters. The van der Waals surface area contributed by atoms with Crippen LogP contribution in [-0.2, 0) is 0 Å². The van der Waals surface area contributed by atoms with Gasteiger partial charge in [0.2, 0.25) is 0 Å². The molecule has 2 aromatic heterocycles. The summed E-state index contributed by atoms with van der Waals surface area (Å²) in [4.78, 5) is 8.83. The van der Waals surface area contributed by atoms with Crippen LogP contribution in [-0.4, -0.2) is 9.97 Å². The molecule has 2 heterocycles. The summed E-state index contributed by atoms with van der Waals surface area (Å²) in [6.07, 6.45) is 1.59. The summed E-state index contributed by atoms with van der Waals surface area (Å²) in [5.41, 5.74) is 2.97. The van der Waals surface area contributed by atoms with Crippen LogP contribution in [0.25, 0.3) is 21.3 Å². The van der Waals surface area contributed by atoms with Crippen molar-refractivity contribution in [2.45, 2.75) is 0 Å². The van der Waals surface area contributed by atoms with E-state index in [2.05, 4.69) is 44.9 Å². The van der Waals surface area contributed by atoms with Gasteiger partial charge in [-0.2, -0.15) is 0 Å². The van der Waals surface area contributed by atoms with Crippen molar-refractivity contribution >= 4 is 32.9 Å². The lowest BCUT2D eigenvalue weighted by atomic mass is 10.1. The molecule has 4 nitrogen and oxygen atoms in total. The fourth-order valence-corrected chi connectivity index (χ4v) is 4.08. The van der Waals surface area contributed by atoms with Gasteiger partial charge in [-0.05, 0) is 42.5 Å². The van der Waals surface area contributed by atoms with Crippen LogP contribution in [0.3, 0.4) is 0 Å². The van der Waals surface area contributed by atoms with Gasteiger partial charge >= 0.3 is 0 Å². The molecular formula is C24H17N3OS. The number of nitrogens with one attached hydrogen (secondary N) is 1. The number of hydrogen-bond donors (Lipinski definition) is 1. The van der Waals surface area contributed by atoms with Crippen LogP contribution in [0, 0.1) is 0 Å². The molecule has 0 fully saturated rings. The Labute approximate surface area is 172 Å². The summed E-state index contributed by atoms with van der Waals surface area (Å²) in [6, 6.07) is 27.9. The Morgan fingerprint density at radius 2 is 1.52 bits per heavy atom. The van der Waals surface area contributed by atoms with E-state index in [9.17, 15) is 0 Å². The largest absolute Gasteiger partial charge is 0.457 e. The van der Waals surface area contributed by atoms with Gasteiger partial charge in [-0.25, -0.2) is 9.97 Å². The average molecular weight is 395 g/mol. The van der Waals surface area contributed by atoms with Crippen molar-refractivity contribution in [2.75, 3.05) is 5.32 Å². The molecule has 140 valence electrons. The number of nitrogens with zero attached hydrogens (tertiary/aromatic N) is 2. The van der Waals surface area contributed by atoms with Crippen molar-refractivity contribution in [1.82, 2.24) is 9.97 Å². The molecule has 0 bridgehead atoms. The molecule has 0 unspecified atom stereocenters. The Kier molecular flexibility index (Phi) is 4.64. The predicted molar refractivity (Wildman–Crippen MR) is 119 cm³/mol. The van der Waals surface area contributed by atoms with Crippen LogP contribution in [0.15, 0.2) is 96.6 Å². The Bertz CT molecular complexity index is 1250. The van der Waals surface area contributed by atoms with Gasteiger partial charge in [0.05, 0.1) is 5.69 Å². The first-order valence-electron chi connectivity index (χ1n) is 9.24. The molecule has 0 radical (unpaired) electrons. The standard InChI is InChI=1S/C24H17N3OS/c1-2-6-18(7-3-1)28-19-12-10-17(11-13-19)27-24-14-22(25-16-26-24)21-15-29-23-9-5-4-8-20(21)23/h1-16H,(H,25,26,27). The molecule has 5 rings (SSSR count). The predicted octanol–water partition coefficient (Wildman–Crippen LogP) is 6.89. The van der Waals surface area contributed by atoms with Crippen molar-refractivity contribution in [3.05, 3.63) is 96.6 Å². The second-order valence-corrected chi connectivity index (χ2v) is 7.41. The van der Waals surface area contributed by atoms with Gasteiger partial charge in [-0.3, -0.25) is 0 Å². The van der Waals surface area contributed by atoms with Crippen LogP contribution < -0.4 is 10.1 Å². The summed E-state index contributed by atoms with van der Waals surface area (Å²) in [6.45, 7) is 0. The highest BCUT2D eigenvalue weighted by molar-refractivity contribution is 7.17. The Hall–Kier alpha value is -3.70. The van der Waals surface area contributed by atoms with Crippen LogP contribution in [0.4, 0.5) is 11.5 Å². The summed E-state index contributed by atoms with van der Waals surface area (Å²) < 4.78 is 7.09. The van der Waals surface area contributed by atoms with Crippen LogP contribution >= 0.6 is 11.3 Å². The lowest BCUT2D eigenvalue weighted by Gasteiger charge is -2.09. The van der Waals surface area contributed by atoms with Crippen LogP contribution in [0.5, 0.6) is 11.5 Å². The van der Waals surface area contributed by atoms with E-state index < -0.39 is 0 Å². The van der Waals surface area contributed by atoms with Crippen molar-refractivity contribution < 1.29 is 4.74 Å². The lowest BCUT2D eigenvalue weighted by molar-refractivity contribution is 0.483. The molecule has 0 saturated carbocycles. The maximum Gasteiger partial charge on any atom is 0.134 e. The van der Waals surface area contributed by atoms with Crippen LogP contribution in [0.1, 0.15) is 0 Å². The van der Waals surface area contributed by atoms with Gasteiger partial charge in [0.1, 0.15) is 23.6 Å². The van der Waals surface area contributed by atoms with Gasteiger partial charge in [-0.15, -0.1) is 11.3 Å². The highest BCUT2D eigenvalue weighted by atomic mass is 32.1. The second kappa shape index (κ2) is 7.73. The molecule has 0 aliphatic heterocycles. The highest BCUT2D eigenvalue weighted by Crippen LogP contribution is 2.33. The minimum Gasteiger partial charge on any atom is -0.457 e. The van der Waals surface area contributed by atoms with Crippen molar-refractivity contribution in [3.8, 4) is 22.8 Å². The first-order valence-corrected chi connectivity index (χ1v) is 10.1. The Morgan fingerprint density at radius 1 is 0.759 bits per heavy atom. The van der Waals surface area contributed by atoms with Crippen molar-refractivity contribution in [2.24, 2.45) is 0 Å². The topological polar surface area (TPSA) is 47.0 Å². The molecule has 3 aromatic carbocycles. The Balaban J connectivity index is 1.35. The van der Waals surface area contributed by atoms with Crippen molar-refractivity contribution in [3.63, 3.8) is 0 Å². The van der Waals surface area contributed by atoms with Gasteiger partial charge < -0.3 is 10.1 Å². The van der Waals surface area contributed by atoms with Gasteiger partial charge in [0.15, 0.2) is 0 Å². The molecule has 0 amide bonds. The number of aromatic nitrogens is 2. The monoisotopic (exact) mass is 395 g/mol. The third kappa shape index (κ3) is 3.81. The molecule has 0 aliphatic rings. The fourth-order valence-electron chi connectivity index (χ4n) is 3.13. The van der Waals surface area contributed by atoms with E-state index in [4.69, 9.17) is 4.74 Å². The van der Waals surface area contributed by atoms with E-state index in [1.807, 2.05) is 60.7 Å². The number of benzene rings is 3. The number of para-hydroxylation sites is 1. The molecule has 5 heteroatoms. The SMILES string of the molecule is c1ccc(Oc2ccc(Nc3cc(-c4csc5ccccc45)ncn3)cc2)cc1. The maximum absolute atomic E-state index is 5.84. The first-order chi connectivity index (χ1) is 14.3. The number of anilines is 2. The minimum absolute atomic E-state index is 0.752. The average Bonchev–Trinajstić information content (AvgIpc) is 3.20. The van der Waals surface area contributed by atoms with E-state index in [1.165, 1.54) is 10.1 Å². The third-order valence-electron chi connectivity index (χ3n) is 4.53. The zero-order valence-electron chi connectivity index (χ0n) is 15.4. The number of fused-ring (bicyclic) bond motifs is 1. The third-order valence-corrected chi connectivity index (χ3v) is 5.49. The number of ether oxygens (including phenoxy) is 1. The zero-order chi connectivity index (χ0) is 19.5. The highest BCUT2D eigenvalue weighted by Gasteiger charge is 2.08. The van der Waals surface area contributed by atoms with E-state index in [0.717, 1.165) is 34.3 Å². The number of thiophene rings is 1. The molecule has 0 spiro atoms. The second-order valence-electron chi connectivity index (χ2n) is 6.50. The van der Waals surface area contributed by atoms with E-state index >= 15 is 0 Å².